The maximum Gasteiger partial charge on any atom is 0.416 e. The second kappa shape index (κ2) is 7.21. The molecule has 1 aliphatic rings. The van der Waals surface area contributed by atoms with E-state index >= 15 is 0 Å². The third-order valence-electron chi connectivity index (χ3n) is 4.38. The quantitative estimate of drug-likeness (QED) is 0.435. The van der Waals surface area contributed by atoms with Crippen molar-refractivity contribution in [2.75, 3.05) is 4.90 Å². The summed E-state index contributed by atoms with van der Waals surface area (Å²) < 4.78 is 39.4. The number of hydrogen-bond donors (Lipinski definition) is 0. The van der Waals surface area contributed by atoms with Crippen LogP contribution in [0.4, 0.5) is 30.2 Å². The Bertz CT molecular complexity index is 1160. The molecule has 0 atom stereocenters. The summed E-state index contributed by atoms with van der Waals surface area (Å²) in [5.41, 5.74) is 0.753. The van der Waals surface area contributed by atoms with E-state index in [0.29, 0.717) is 22.0 Å². The van der Waals surface area contributed by atoms with Crippen LogP contribution in [0.3, 0.4) is 0 Å². The van der Waals surface area contributed by atoms with Crippen LogP contribution >= 0.6 is 23.2 Å². The molecule has 0 saturated carbocycles. The first-order valence-electron chi connectivity index (χ1n) is 8.40. The fourth-order valence-corrected chi connectivity index (χ4v) is 3.36. The van der Waals surface area contributed by atoms with E-state index < -0.39 is 17.6 Å². The van der Waals surface area contributed by atoms with Gasteiger partial charge in [-0.25, -0.2) is 4.99 Å². The third kappa shape index (κ3) is 3.61. The number of nitrogens with zero attached hydrogens (tertiary/aromatic N) is 2. The van der Waals surface area contributed by atoms with E-state index in [-0.39, 0.29) is 16.4 Å². The van der Waals surface area contributed by atoms with Crippen molar-refractivity contribution >= 4 is 51.9 Å². The molecule has 0 aliphatic carbocycles. The number of amides is 1. The van der Waals surface area contributed by atoms with Crippen molar-refractivity contribution in [2.24, 2.45) is 4.99 Å². The van der Waals surface area contributed by atoms with Crippen LogP contribution in [0.5, 0.6) is 0 Å². The first kappa shape index (κ1) is 19.5. The highest BCUT2D eigenvalue weighted by molar-refractivity contribution is 6.56. The third-order valence-corrected chi connectivity index (χ3v) is 5.12. The maximum absolute atomic E-state index is 13.1. The van der Waals surface area contributed by atoms with Crippen molar-refractivity contribution in [3.05, 3.63) is 87.9 Å². The number of fused-ring (bicyclic) bond motifs is 1. The number of rotatable bonds is 2. The Morgan fingerprint density at radius 3 is 2.34 bits per heavy atom. The number of halogens is 5. The number of benzene rings is 3. The minimum atomic E-state index is -4.52. The van der Waals surface area contributed by atoms with Gasteiger partial charge in [0.2, 0.25) is 0 Å². The van der Waals surface area contributed by atoms with Crippen molar-refractivity contribution in [3.63, 3.8) is 0 Å². The lowest BCUT2D eigenvalue weighted by Crippen LogP contribution is -2.25. The first-order chi connectivity index (χ1) is 13.8. The highest BCUT2D eigenvalue weighted by Crippen LogP contribution is 2.39. The Balaban J connectivity index is 1.84. The second-order valence-electron chi connectivity index (χ2n) is 6.26. The molecule has 1 amide bonds. The van der Waals surface area contributed by atoms with Crippen LogP contribution in [0.25, 0.3) is 0 Å². The number of carbonyl (C=O) groups is 1. The van der Waals surface area contributed by atoms with Crippen LogP contribution in [0.2, 0.25) is 10.0 Å². The Hall–Kier alpha value is -2.83. The molecule has 146 valence electrons. The first-order valence-corrected chi connectivity index (χ1v) is 9.16. The number of carbonyl (C=O) groups excluding carboxylic acids is 1. The van der Waals surface area contributed by atoms with E-state index in [1.165, 1.54) is 23.1 Å². The molecular formula is C21H11Cl2F3N2O. The van der Waals surface area contributed by atoms with Crippen molar-refractivity contribution < 1.29 is 18.0 Å². The lowest BCUT2D eigenvalue weighted by molar-refractivity contribution is -0.137. The standard InChI is InChI=1S/C21H11Cl2F3N2O/c22-16-9-8-13(11-17(16)23)27-19-15-6-1-2-7-18(15)28(20(19)29)14-5-3-4-12(10-14)21(24,25)26/h1-11H/b27-19-. The molecule has 0 radical (unpaired) electrons. The molecule has 0 spiro atoms. The molecule has 0 N–H and O–H groups in total. The van der Waals surface area contributed by atoms with Gasteiger partial charge in [0.1, 0.15) is 5.71 Å². The van der Waals surface area contributed by atoms with Gasteiger partial charge in [0.15, 0.2) is 0 Å². The lowest BCUT2D eigenvalue weighted by Gasteiger charge is -2.18. The molecule has 4 rings (SSSR count). The zero-order valence-corrected chi connectivity index (χ0v) is 16.1. The van der Waals surface area contributed by atoms with Crippen LogP contribution in [0.1, 0.15) is 11.1 Å². The summed E-state index contributed by atoms with van der Waals surface area (Å²) in [5.74, 6) is -0.531. The fourth-order valence-electron chi connectivity index (χ4n) is 3.07. The zero-order valence-electron chi connectivity index (χ0n) is 14.5. The molecule has 8 heteroatoms. The smallest absolute Gasteiger partial charge is 0.275 e. The number of aliphatic imine (C=N–C) groups is 1. The predicted molar refractivity (Wildman–Crippen MR) is 108 cm³/mol. The van der Waals surface area contributed by atoms with E-state index in [0.717, 1.165) is 12.1 Å². The summed E-state index contributed by atoms with van der Waals surface area (Å²) in [5, 5.41) is 0.626. The average Bonchev–Trinajstić information content (AvgIpc) is 2.96. The number of anilines is 2. The summed E-state index contributed by atoms with van der Waals surface area (Å²) in [6.07, 6.45) is -4.52. The van der Waals surface area contributed by atoms with Crippen LogP contribution in [-0.4, -0.2) is 11.6 Å². The minimum absolute atomic E-state index is 0.108. The number of alkyl halides is 3. The summed E-state index contributed by atoms with van der Waals surface area (Å²) in [4.78, 5) is 18.7. The van der Waals surface area contributed by atoms with Crippen LogP contribution in [0.15, 0.2) is 71.7 Å². The molecule has 0 bridgehead atoms. The molecule has 0 aromatic heterocycles. The number of para-hydroxylation sites is 1. The molecule has 0 saturated heterocycles. The highest BCUT2D eigenvalue weighted by Gasteiger charge is 2.37. The van der Waals surface area contributed by atoms with Crippen molar-refractivity contribution in [3.8, 4) is 0 Å². The minimum Gasteiger partial charge on any atom is -0.275 e. The predicted octanol–water partition coefficient (Wildman–Crippen LogP) is 6.81. The molecular weight excluding hydrogens is 424 g/mol. The van der Waals surface area contributed by atoms with E-state index in [9.17, 15) is 18.0 Å². The van der Waals surface area contributed by atoms with Gasteiger partial charge in [-0.05, 0) is 42.5 Å². The largest absolute Gasteiger partial charge is 0.416 e. The van der Waals surface area contributed by atoms with Crippen LogP contribution in [0, 0.1) is 0 Å². The van der Waals surface area contributed by atoms with Gasteiger partial charge >= 0.3 is 6.18 Å². The van der Waals surface area contributed by atoms with E-state index in [1.807, 2.05) is 0 Å². The lowest BCUT2D eigenvalue weighted by atomic mass is 10.1. The SMILES string of the molecule is O=C1/C(=N\c2ccc(Cl)c(Cl)c2)c2ccccc2N1c1cccc(C(F)(F)F)c1. The van der Waals surface area contributed by atoms with Crippen molar-refractivity contribution in [2.45, 2.75) is 6.18 Å². The Kier molecular flexibility index (Phi) is 4.84. The Labute approximate surface area is 174 Å². The number of hydrogen-bond acceptors (Lipinski definition) is 2. The molecule has 29 heavy (non-hydrogen) atoms. The highest BCUT2D eigenvalue weighted by atomic mass is 35.5. The van der Waals surface area contributed by atoms with Crippen LogP contribution in [-0.2, 0) is 11.0 Å². The van der Waals surface area contributed by atoms with E-state index in [2.05, 4.69) is 4.99 Å². The molecule has 3 nitrogen and oxygen atoms in total. The van der Waals surface area contributed by atoms with Gasteiger partial charge in [0.25, 0.3) is 5.91 Å². The Morgan fingerprint density at radius 2 is 1.62 bits per heavy atom. The van der Waals surface area contributed by atoms with Gasteiger partial charge in [-0.3, -0.25) is 9.69 Å². The van der Waals surface area contributed by atoms with Gasteiger partial charge in [0.05, 0.1) is 27.0 Å². The van der Waals surface area contributed by atoms with Gasteiger partial charge in [-0.2, -0.15) is 13.2 Å². The van der Waals surface area contributed by atoms with E-state index in [4.69, 9.17) is 23.2 Å². The monoisotopic (exact) mass is 434 g/mol. The van der Waals surface area contributed by atoms with Gasteiger partial charge < -0.3 is 0 Å². The second-order valence-corrected chi connectivity index (χ2v) is 7.08. The maximum atomic E-state index is 13.1. The molecule has 3 aromatic carbocycles. The Morgan fingerprint density at radius 1 is 0.862 bits per heavy atom. The topological polar surface area (TPSA) is 32.7 Å². The normalized spacial score (nSPS) is 15.1. The summed E-state index contributed by atoms with van der Waals surface area (Å²) in [7, 11) is 0. The molecule has 1 aliphatic heterocycles. The van der Waals surface area contributed by atoms with Crippen molar-refractivity contribution in [1.29, 1.82) is 0 Å². The summed E-state index contributed by atoms with van der Waals surface area (Å²) in [6, 6.07) is 16.1. The molecule has 1 heterocycles. The molecule has 3 aromatic rings. The molecule has 0 unspecified atom stereocenters. The van der Waals surface area contributed by atoms with Gasteiger partial charge in [-0.1, -0.05) is 47.5 Å². The average molecular weight is 435 g/mol. The summed E-state index contributed by atoms with van der Waals surface area (Å²) in [6.45, 7) is 0. The fraction of sp³-hybridized carbons (Fsp3) is 0.0476. The zero-order chi connectivity index (χ0) is 20.8. The van der Waals surface area contributed by atoms with E-state index in [1.54, 1.807) is 36.4 Å². The van der Waals surface area contributed by atoms with Gasteiger partial charge in [-0.15, -0.1) is 0 Å². The van der Waals surface area contributed by atoms with Crippen LogP contribution < -0.4 is 4.90 Å². The molecule has 0 fully saturated rings. The van der Waals surface area contributed by atoms with Gasteiger partial charge in [0, 0.05) is 11.3 Å². The summed E-state index contributed by atoms with van der Waals surface area (Å²) >= 11 is 11.9. The van der Waals surface area contributed by atoms with Crippen molar-refractivity contribution in [1.82, 2.24) is 0 Å².